The van der Waals surface area contributed by atoms with E-state index in [1.54, 1.807) is 11.1 Å². The maximum Gasteiger partial charge on any atom is 0.410 e. The molecular weight excluding hydrogens is 475 g/mol. The standard InChI is InChI=1S/C23H35FN6O4S/c1-15-13-28(22(31)34-23(2,3)4)9-8-19(15)30-11-6-16-12-25-21(27-20(16)30)26-18-7-10-29(14-17(18)24)35(5,32)33/h6,11-12,15,17-19H,7-10,13-14H2,1-5H3,(H,25,26,27)/t15?,17-,18-,19?/m1/s1. The number of alkyl halides is 1. The van der Waals surface area contributed by atoms with Gasteiger partial charge in [0, 0.05) is 50.0 Å². The Hall–Kier alpha value is -2.47. The van der Waals surface area contributed by atoms with Crippen molar-refractivity contribution in [1.29, 1.82) is 0 Å². The van der Waals surface area contributed by atoms with Crippen LogP contribution in [0.2, 0.25) is 0 Å². The van der Waals surface area contributed by atoms with Gasteiger partial charge in [-0.2, -0.15) is 9.29 Å². The SMILES string of the molecule is CC1CN(C(=O)OC(C)(C)C)CCC1n1ccc2cnc(N[C@@H]3CCN(S(C)(=O)=O)C[C@H]3F)nc21. The van der Waals surface area contributed by atoms with Crippen molar-refractivity contribution in [3.63, 3.8) is 0 Å². The van der Waals surface area contributed by atoms with Crippen molar-refractivity contribution in [2.24, 2.45) is 5.92 Å². The molecule has 1 N–H and O–H groups in total. The third-order valence-electron chi connectivity index (χ3n) is 6.61. The van der Waals surface area contributed by atoms with Gasteiger partial charge in [-0.3, -0.25) is 0 Å². The number of sulfonamides is 1. The van der Waals surface area contributed by atoms with Crippen LogP contribution >= 0.6 is 0 Å². The Morgan fingerprint density at radius 2 is 1.97 bits per heavy atom. The van der Waals surface area contributed by atoms with E-state index in [1.807, 2.05) is 33.0 Å². The number of halogens is 1. The highest BCUT2D eigenvalue weighted by molar-refractivity contribution is 7.88. The summed E-state index contributed by atoms with van der Waals surface area (Å²) in [5.74, 6) is 0.491. The van der Waals surface area contributed by atoms with Crippen molar-refractivity contribution in [2.45, 2.75) is 64.4 Å². The summed E-state index contributed by atoms with van der Waals surface area (Å²) in [4.78, 5) is 23.3. The minimum Gasteiger partial charge on any atom is -0.444 e. The fraction of sp³-hybridized carbons (Fsp3) is 0.696. The van der Waals surface area contributed by atoms with Gasteiger partial charge in [-0.05, 0) is 45.6 Å². The Bertz CT molecular complexity index is 1180. The second-order valence-corrected chi connectivity index (χ2v) is 12.6. The molecule has 2 aromatic rings. The molecule has 2 unspecified atom stereocenters. The van der Waals surface area contributed by atoms with E-state index in [0.717, 1.165) is 28.0 Å². The van der Waals surface area contributed by atoms with Gasteiger partial charge in [-0.25, -0.2) is 22.6 Å². The molecule has 1 amide bonds. The maximum absolute atomic E-state index is 14.7. The highest BCUT2D eigenvalue weighted by atomic mass is 32.2. The molecule has 2 aliphatic heterocycles. The summed E-state index contributed by atoms with van der Waals surface area (Å²) in [7, 11) is -3.42. The molecule has 0 bridgehead atoms. The lowest BCUT2D eigenvalue weighted by Crippen LogP contribution is -2.49. The predicted molar refractivity (Wildman–Crippen MR) is 131 cm³/mol. The van der Waals surface area contributed by atoms with Crippen LogP contribution in [0.15, 0.2) is 18.5 Å². The molecule has 2 saturated heterocycles. The zero-order chi connectivity index (χ0) is 25.5. The number of nitrogens with zero attached hydrogens (tertiary/aromatic N) is 5. The summed E-state index contributed by atoms with van der Waals surface area (Å²) in [6.45, 7) is 8.93. The van der Waals surface area contributed by atoms with Crippen LogP contribution in [0.4, 0.5) is 15.1 Å². The number of anilines is 1. The molecule has 2 fully saturated rings. The van der Waals surface area contributed by atoms with Gasteiger partial charge < -0.3 is 19.5 Å². The van der Waals surface area contributed by atoms with E-state index in [-0.39, 0.29) is 31.1 Å². The number of carbonyl (C=O) groups is 1. The molecule has 194 valence electrons. The van der Waals surface area contributed by atoms with Crippen molar-refractivity contribution in [1.82, 2.24) is 23.7 Å². The first-order valence-electron chi connectivity index (χ1n) is 12.0. The third-order valence-corrected chi connectivity index (χ3v) is 7.88. The molecule has 0 aliphatic carbocycles. The second-order valence-electron chi connectivity index (χ2n) is 10.6. The molecule has 0 saturated carbocycles. The summed E-state index contributed by atoms with van der Waals surface area (Å²) in [6, 6.07) is 1.53. The maximum atomic E-state index is 14.7. The molecule has 2 aliphatic rings. The van der Waals surface area contributed by atoms with Gasteiger partial charge in [-0.1, -0.05) is 6.92 Å². The van der Waals surface area contributed by atoms with E-state index in [4.69, 9.17) is 4.74 Å². The lowest BCUT2D eigenvalue weighted by molar-refractivity contribution is 0.0127. The minimum absolute atomic E-state index is 0.140. The number of carbonyl (C=O) groups excluding carboxylic acids is 1. The molecule has 0 aromatic carbocycles. The van der Waals surface area contributed by atoms with Gasteiger partial charge in [0.2, 0.25) is 16.0 Å². The molecule has 4 heterocycles. The van der Waals surface area contributed by atoms with Crippen LogP contribution in [0.5, 0.6) is 0 Å². The first-order chi connectivity index (χ1) is 16.3. The van der Waals surface area contributed by atoms with Crippen molar-refractivity contribution < 1.29 is 22.3 Å². The minimum atomic E-state index is -3.42. The van der Waals surface area contributed by atoms with Crippen molar-refractivity contribution >= 4 is 33.1 Å². The Morgan fingerprint density at radius 1 is 1.23 bits per heavy atom. The topological polar surface area (TPSA) is 110 Å². The lowest BCUT2D eigenvalue weighted by Gasteiger charge is -2.38. The number of likely N-dealkylation sites (tertiary alicyclic amines) is 1. The van der Waals surface area contributed by atoms with Crippen molar-refractivity contribution in [3.05, 3.63) is 18.5 Å². The van der Waals surface area contributed by atoms with Crippen LogP contribution < -0.4 is 5.32 Å². The molecular formula is C23H35FN6O4S. The van der Waals surface area contributed by atoms with Gasteiger partial charge in [0.1, 0.15) is 17.4 Å². The number of piperidine rings is 2. The zero-order valence-corrected chi connectivity index (χ0v) is 21.8. The van der Waals surface area contributed by atoms with Gasteiger partial charge in [0.25, 0.3) is 0 Å². The van der Waals surface area contributed by atoms with Gasteiger partial charge >= 0.3 is 6.09 Å². The third kappa shape index (κ3) is 5.85. The molecule has 0 spiro atoms. The number of rotatable bonds is 4. The number of ether oxygens (including phenoxy) is 1. The molecule has 2 aromatic heterocycles. The summed E-state index contributed by atoms with van der Waals surface area (Å²) < 4.78 is 47.0. The highest BCUT2D eigenvalue weighted by Crippen LogP contribution is 2.32. The number of nitrogens with one attached hydrogen (secondary N) is 1. The Labute approximate surface area is 205 Å². The Kier molecular flexibility index (Phi) is 6.98. The number of hydrogen-bond acceptors (Lipinski definition) is 7. The van der Waals surface area contributed by atoms with E-state index < -0.39 is 27.8 Å². The molecule has 0 radical (unpaired) electrons. The van der Waals surface area contributed by atoms with Crippen LogP contribution in [-0.4, -0.2) is 88.5 Å². The monoisotopic (exact) mass is 510 g/mol. The average molecular weight is 511 g/mol. The summed E-state index contributed by atoms with van der Waals surface area (Å²) in [6.07, 6.45) is 4.22. The Balaban J connectivity index is 1.46. The quantitative estimate of drug-likeness (QED) is 0.673. The normalized spacial score (nSPS) is 26.6. The van der Waals surface area contributed by atoms with Gasteiger partial charge in [0.05, 0.1) is 12.3 Å². The Morgan fingerprint density at radius 3 is 2.60 bits per heavy atom. The van der Waals surface area contributed by atoms with E-state index >= 15 is 0 Å². The van der Waals surface area contributed by atoms with E-state index in [1.165, 1.54) is 0 Å². The van der Waals surface area contributed by atoms with Crippen molar-refractivity contribution in [3.8, 4) is 0 Å². The number of fused-ring (bicyclic) bond motifs is 1. The fourth-order valence-electron chi connectivity index (χ4n) is 4.82. The van der Waals surface area contributed by atoms with Crippen LogP contribution in [0.3, 0.4) is 0 Å². The molecule has 4 atom stereocenters. The summed E-state index contributed by atoms with van der Waals surface area (Å²) in [5.41, 5.74) is 0.211. The number of amides is 1. The number of hydrogen-bond donors (Lipinski definition) is 1. The van der Waals surface area contributed by atoms with Crippen molar-refractivity contribution in [2.75, 3.05) is 37.8 Å². The van der Waals surface area contributed by atoms with E-state index in [9.17, 15) is 17.6 Å². The van der Waals surface area contributed by atoms with Crippen LogP contribution in [0.25, 0.3) is 11.0 Å². The van der Waals surface area contributed by atoms with Crippen LogP contribution in [0, 0.1) is 5.92 Å². The smallest absolute Gasteiger partial charge is 0.410 e. The predicted octanol–water partition coefficient (Wildman–Crippen LogP) is 3.03. The number of aromatic nitrogens is 3. The highest BCUT2D eigenvalue weighted by Gasteiger charge is 2.35. The summed E-state index contributed by atoms with van der Waals surface area (Å²) in [5, 5.41) is 3.94. The largest absolute Gasteiger partial charge is 0.444 e. The molecule has 10 nitrogen and oxygen atoms in total. The van der Waals surface area contributed by atoms with Gasteiger partial charge in [0.15, 0.2) is 0 Å². The lowest BCUT2D eigenvalue weighted by atomic mass is 9.94. The molecule has 12 heteroatoms. The zero-order valence-electron chi connectivity index (χ0n) is 20.9. The first-order valence-corrected chi connectivity index (χ1v) is 13.8. The summed E-state index contributed by atoms with van der Waals surface area (Å²) >= 11 is 0. The van der Waals surface area contributed by atoms with Crippen LogP contribution in [0.1, 0.15) is 46.6 Å². The fourth-order valence-corrected chi connectivity index (χ4v) is 5.67. The molecule has 35 heavy (non-hydrogen) atoms. The van der Waals surface area contributed by atoms with Gasteiger partial charge in [-0.15, -0.1) is 0 Å². The van der Waals surface area contributed by atoms with E-state index in [2.05, 4.69) is 26.8 Å². The second kappa shape index (κ2) is 9.53. The van der Waals surface area contributed by atoms with E-state index in [0.29, 0.717) is 25.5 Å². The molecule has 4 rings (SSSR count). The van der Waals surface area contributed by atoms with Crippen LogP contribution in [-0.2, 0) is 14.8 Å². The first kappa shape index (κ1) is 25.6. The average Bonchev–Trinajstić information content (AvgIpc) is 3.16.